The summed E-state index contributed by atoms with van der Waals surface area (Å²) in [5.41, 5.74) is 7.38. The van der Waals surface area contributed by atoms with Crippen molar-refractivity contribution in [2.75, 3.05) is 20.2 Å². The molecule has 0 spiro atoms. The van der Waals surface area contributed by atoms with Gasteiger partial charge >= 0.3 is 0 Å². The summed E-state index contributed by atoms with van der Waals surface area (Å²) in [6, 6.07) is 13.8. The largest absolute Gasteiger partial charge is 0.497 e. The number of hydrogen-bond donors (Lipinski definition) is 1. The zero-order chi connectivity index (χ0) is 14.8. The van der Waals surface area contributed by atoms with Crippen molar-refractivity contribution in [2.45, 2.75) is 31.8 Å². The van der Waals surface area contributed by atoms with Gasteiger partial charge in [0.1, 0.15) is 5.75 Å². The average Bonchev–Trinajstić information content (AvgIpc) is 2.54. The fourth-order valence-corrected chi connectivity index (χ4v) is 3.15. The summed E-state index contributed by atoms with van der Waals surface area (Å²) in [7, 11) is 1.71. The molecule has 1 atom stereocenters. The second-order valence-corrected chi connectivity index (χ2v) is 6.02. The lowest BCUT2D eigenvalue weighted by Crippen LogP contribution is -2.40. The minimum absolute atomic E-state index is 0.387. The molecule has 0 saturated carbocycles. The van der Waals surface area contributed by atoms with E-state index in [4.69, 9.17) is 10.5 Å². The number of nitrogens with two attached hydrogens (primary N) is 1. The third kappa shape index (κ3) is 3.04. The Labute approximate surface area is 126 Å². The summed E-state index contributed by atoms with van der Waals surface area (Å²) in [4.78, 5) is 2.54. The van der Waals surface area contributed by atoms with Crippen molar-refractivity contribution in [2.24, 2.45) is 5.73 Å². The van der Waals surface area contributed by atoms with E-state index in [0.717, 1.165) is 31.7 Å². The Morgan fingerprint density at radius 2 is 1.76 bits per heavy atom. The molecule has 3 nitrogen and oxygen atoms in total. The van der Waals surface area contributed by atoms with Crippen molar-refractivity contribution >= 4 is 10.8 Å². The van der Waals surface area contributed by atoms with Crippen LogP contribution in [0.15, 0.2) is 36.4 Å². The first kappa shape index (κ1) is 14.4. The minimum atomic E-state index is 0.387. The highest BCUT2D eigenvalue weighted by Crippen LogP contribution is 2.28. The molecule has 2 aromatic rings. The third-order valence-corrected chi connectivity index (χ3v) is 4.68. The quantitative estimate of drug-likeness (QED) is 0.939. The predicted molar refractivity (Wildman–Crippen MR) is 87.7 cm³/mol. The molecule has 21 heavy (non-hydrogen) atoms. The summed E-state index contributed by atoms with van der Waals surface area (Å²) in [6.45, 7) is 4.49. The van der Waals surface area contributed by atoms with Crippen molar-refractivity contribution in [1.82, 2.24) is 4.90 Å². The van der Waals surface area contributed by atoms with Crippen LogP contribution in [0.2, 0.25) is 0 Å². The minimum Gasteiger partial charge on any atom is -0.497 e. The molecule has 0 aromatic heterocycles. The molecule has 0 bridgehead atoms. The van der Waals surface area contributed by atoms with E-state index in [2.05, 4.69) is 42.2 Å². The highest BCUT2D eigenvalue weighted by atomic mass is 16.5. The van der Waals surface area contributed by atoms with Gasteiger partial charge < -0.3 is 10.5 Å². The summed E-state index contributed by atoms with van der Waals surface area (Å²) in [5, 5.41) is 2.50. The lowest BCUT2D eigenvalue weighted by Gasteiger charge is -2.35. The van der Waals surface area contributed by atoms with Crippen LogP contribution in [0.1, 0.15) is 31.4 Å². The molecule has 1 saturated heterocycles. The van der Waals surface area contributed by atoms with E-state index in [0.29, 0.717) is 12.1 Å². The normalized spacial score (nSPS) is 18.8. The summed E-state index contributed by atoms with van der Waals surface area (Å²) >= 11 is 0. The maximum atomic E-state index is 6.00. The van der Waals surface area contributed by atoms with Gasteiger partial charge in [-0.15, -0.1) is 0 Å². The monoisotopic (exact) mass is 284 g/mol. The number of methoxy groups -OCH3 is 1. The topological polar surface area (TPSA) is 38.5 Å². The molecule has 0 amide bonds. The maximum Gasteiger partial charge on any atom is 0.119 e. The fraction of sp³-hybridized carbons (Fsp3) is 0.444. The van der Waals surface area contributed by atoms with Crippen LogP contribution in [-0.4, -0.2) is 31.1 Å². The van der Waals surface area contributed by atoms with E-state index in [1.165, 1.54) is 16.3 Å². The Hall–Kier alpha value is -1.58. The lowest BCUT2D eigenvalue weighted by atomic mass is 9.98. The Balaban J connectivity index is 1.83. The number of hydrogen-bond acceptors (Lipinski definition) is 3. The summed E-state index contributed by atoms with van der Waals surface area (Å²) in [5.74, 6) is 0.910. The number of likely N-dealkylation sites (tertiary alicyclic amines) is 1. The highest BCUT2D eigenvalue weighted by molar-refractivity contribution is 5.84. The number of piperidine rings is 1. The van der Waals surface area contributed by atoms with Crippen LogP contribution >= 0.6 is 0 Å². The summed E-state index contributed by atoms with van der Waals surface area (Å²) < 4.78 is 5.29. The maximum absolute atomic E-state index is 6.00. The summed E-state index contributed by atoms with van der Waals surface area (Å²) in [6.07, 6.45) is 2.21. The lowest BCUT2D eigenvalue weighted by molar-refractivity contribution is 0.163. The van der Waals surface area contributed by atoms with Crippen molar-refractivity contribution in [3.8, 4) is 5.75 Å². The zero-order valence-corrected chi connectivity index (χ0v) is 12.9. The van der Waals surface area contributed by atoms with Crippen LogP contribution in [-0.2, 0) is 0 Å². The Morgan fingerprint density at radius 1 is 1.10 bits per heavy atom. The van der Waals surface area contributed by atoms with Crippen LogP contribution in [0.3, 0.4) is 0 Å². The molecule has 3 rings (SSSR count). The van der Waals surface area contributed by atoms with Gasteiger partial charge in [0.25, 0.3) is 0 Å². The van der Waals surface area contributed by atoms with E-state index in [1.54, 1.807) is 7.11 Å². The van der Waals surface area contributed by atoms with Crippen LogP contribution in [0.25, 0.3) is 10.8 Å². The van der Waals surface area contributed by atoms with Crippen LogP contribution in [0, 0.1) is 0 Å². The standard InChI is InChI=1S/C18H24N2O/c1-13(20-9-7-17(19)8-10-20)14-3-4-16-12-18(21-2)6-5-15(16)11-14/h3-6,11-13,17H,7-10,19H2,1-2H3. The molecule has 2 aromatic carbocycles. The van der Waals surface area contributed by atoms with Gasteiger partial charge in [0.15, 0.2) is 0 Å². The first-order chi connectivity index (χ1) is 10.2. The molecular formula is C18H24N2O. The van der Waals surface area contributed by atoms with E-state index in [-0.39, 0.29) is 0 Å². The molecule has 3 heteroatoms. The fourth-order valence-electron chi connectivity index (χ4n) is 3.15. The van der Waals surface area contributed by atoms with Gasteiger partial charge in [0.05, 0.1) is 7.11 Å². The van der Waals surface area contributed by atoms with Gasteiger partial charge in [-0.3, -0.25) is 4.90 Å². The van der Waals surface area contributed by atoms with Crippen molar-refractivity contribution < 1.29 is 4.74 Å². The smallest absolute Gasteiger partial charge is 0.119 e. The highest BCUT2D eigenvalue weighted by Gasteiger charge is 2.21. The zero-order valence-electron chi connectivity index (χ0n) is 12.9. The molecule has 1 heterocycles. The number of ether oxygens (including phenoxy) is 1. The van der Waals surface area contributed by atoms with E-state index in [1.807, 2.05) is 6.07 Å². The number of fused-ring (bicyclic) bond motifs is 1. The van der Waals surface area contributed by atoms with E-state index < -0.39 is 0 Å². The van der Waals surface area contributed by atoms with Gasteiger partial charge in [0, 0.05) is 25.2 Å². The van der Waals surface area contributed by atoms with Crippen molar-refractivity contribution in [3.05, 3.63) is 42.0 Å². The Morgan fingerprint density at radius 3 is 2.48 bits per heavy atom. The molecule has 1 unspecified atom stereocenters. The van der Waals surface area contributed by atoms with Gasteiger partial charge in [-0.1, -0.05) is 18.2 Å². The van der Waals surface area contributed by atoms with Crippen LogP contribution in [0.4, 0.5) is 0 Å². The van der Waals surface area contributed by atoms with Gasteiger partial charge in [-0.25, -0.2) is 0 Å². The second kappa shape index (κ2) is 6.04. The third-order valence-electron chi connectivity index (χ3n) is 4.68. The molecular weight excluding hydrogens is 260 g/mol. The van der Waals surface area contributed by atoms with Gasteiger partial charge in [0.2, 0.25) is 0 Å². The molecule has 1 aliphatic heterocycles. The van der Waals surface area contributed by atoms with Crippen LogP contribution in [0.5, 0.6) is 5.75 Å². The molecule has 2 N–H and O–H groups in total. The molecule has 1 aliphatic rings. The molecule has 0 radical (unpaired) electrons. The average molecular weight is 284 g/mol. The van der Waals surface area contributed by atoms with Gasteiger partial charge in [-0.05, 0) is 54.3 Å². The molecule has 112 valence electrons. The van der Waals surface area contributed by atoms with Crippen molar-refractivity contribution in [3.63, 3.8) is 0 Å². The van der Waals surface area contributed by atoms with Gasteiger partial charge in [-0.2, -0.15) is 0 Å². The number of rotatable bonds is 3. The Kier molecular flexibility index (Phi) is 4.13. The number of nitrogens with zero attached hydrogens (tertiary/aromatic N) is 1. The first-order valence-corrected chi connectivity index (χ1v) is 7.74. The molecule has 1 fully saturated rings. The predicted octanol–water partition coefficient (Wildman–Crippen LogP) is 3.33. The first-order valence-electron chi connectivity index (χ1n) is 7.74. The van der Waals surface area contributed by atoms with E-state index in [9.17, 15) is 0 Å². The van der Waals surface area contributed by atoms with E-state index >= 15 is 0 Å². The SMILES string of the molecule is COc1ccc2cc(C(C)N3CCC(N)CC3)ccc2c1. The van der Waals surface area contributed by atoms with Crippen LogP contribution < -0.4 is 10.5 Å². The van der Waals surface area contributed by atoms with Crippen molar-refractivity contribution in [1.29, 1.82) is 0 Å². The molecule has 0 aliphatic carbocycles. The number of benzene rings is 2. The second-order valence-electron chi connectivity index (χ2n) is 6.02. The Bertz CT molecular complexity index is 618.